The molecule has 8 nitrogen and oxygen atoms in total. The fourth-order valence-electron chi connectivity index (χ4n) is 5.16. The van der Waals surface area contributed by atoms with E-state index in [9.17, 15) is 22.8 Å². The first-order valence-electron chi connectivity index (χ1n) is 13.2. The number of piperazine rings is 1. The van der Waals surface area contributed by atoms with Crippen LogP contribution in [0.2, 0.25) is 0 Å². The van der Waals surface area contributed by atoms with E-state index >= 15 is 0 Å². The number of alkyl halides is 3. The summed E-state index contributed by atoms with van der Waals surface area (Å²) in [5.41, 5.74) is 6.26. The first-order chi connectivity index (χ1) is 18.6. The lowest BCUT2D eigenvalue weighted by Crippen LogP contribution is -2.49. The third-order valence-corrected chi connectivity index (χ3v) is 7.44. The maximum atomic E-state index is 13.3. The molecule has 1 aliphatic rings. The summed E-state index contributed by atoms with van der Waals surface area (Å²) in [6.45, 7) is 8.84. The van der Waals surface area contributed by atoms with Gasteiger partial charge in [-0.15, -0.1) is 0 Å². The van der Waals surface area contributed by atoms with Gasteiger partial charge in [0.1, 0.15) is 5.82 Å². The van der Waals surface area contributed by atoms with E-state index in [1.807, 2.05) is 49.1 Å². The van der Waals surface area contributed by atoms with Crippen molar-refractivity contribution in [2.75, 3.05) is 56.4 Å². The van der Waals surface area contributed by atoms with E-state index in [0.717, 1.165) is 30.9 Å². The number of anilines is 2. The van der Waals surface area contributed by atoms with Gasteiger partial charge in [0.05, 0.1) is 17.2 Å². The van der Waals surface area contributed by atoms with Crippen LogP contribution in [0.15, 0.2) is 64.2 Å². The van der Waals surface area contributed by atoms with Crippen LogP contribution < -0.4 is 21.9 Å². The van der Waals surface area contributed by atoms with Gasteiger partial charge in [-0.3, -0.25) is 19.2 Å². The van der Waals surface area contributed by atoms with Crippen LogP contribution in [-0.4, -0.2) is 65.2 Å². The smallest absolute Gasteiger partial charge is 0.385 e. The van der Waals surface area contributed by atoms with Gasteiger partial charge in [0.25, 0.3) is 5.56 Å². The van der Waals surface area contributed by atoms with Crippen molar-refractivity contribution in [2.24, 2.45) is 0 Å². The lowest BCUT2D eigenvalue weighted by atomic mass is 9.96. The zero-order valence-electron chi connectivity index (χ0n) is 22.2. The molecule has 0 spiro atoms. The van der Waals surface area contributed by atoms with Crippen molar-refractivity contribution in [3.05, 3.63) is 92.1 Å². The van der Waals surface area contributed by atoms with Gasteiger partial charge in [-0.25, -0.2) is 4.79 Å². The van der Waals surface area contributed by atoms with E-state index in [1.54, 1.807) is 0 Å². The quantitative estimate of drug-likeness (QED) is 0.429. The molecule has 0 radical (unpaired) electrons. The van der Waals surface area contributed by atoms with Gasteiger partial charge in [0, 0.05) is 45.0 Å². The maximum Gasteiger partial charge on any atom is 0.416 e. The van der Waals surface area contributed by atoms with Crippen molar-refractivity contribution in [3.63, 3.8) is 0 Å². The molecule has 1 fully saturated rings. The highest BCUT2D eigenvalue weighted by Gasteiger charge is 2.34. The van der Waals surface area contributed by atoms with Gasteiger partial charge >= 0.3 is 11.9 Å². The summed E-state index contributed by atoms with van der Waals surface area (Å²) in [7, 11) is 0. The number of halogens is 3. The van der Waals surface area contributed by atoms with Gasteiger partial charge in [0.15, 0.2) is 0 Å². The van der Waals surface area contributed by atoms with Crippen LogP contribution in [0.3, 0.4) is 0 Å². The first-order valence-corrected chi connectivity index (χ1v) is 13.2. The molecular weight excluding hydrogens is 509 g/mol. The molecule has 3 aromatic rings. The minimum absolute atomic E-state index is 0.0336. The van der Waals surface area contributed by atoms with Crippen LogP contribution in [-0.2, 0) is 12.7 Å². The molecule has 1 saturated heterocycles. The zero-order chi connectivity index (χ0) is 28.2. The van der Waals surface area contributed by atoms with Crippen LogP contribution in [0.5, 0.6) is 0 Å². The summed E-state index contributed by atoms with van der Waals surface area (Å²) < 4.78 is 41.3. The van der Waals surface area contributed by atoms with Gasteiger partial charge < -0.3 is 15.5 Å². The Kier molecular flexibility index (Phi) is 8.81. The number of rotatable bonds is 9. The monoisotopic (exact) mass is 544 g/mol. The van der Waals surface area contributed by atoms with Crippen molar-refractivity contribution in [1.29, 1.82) is 0 Å². The van der Waals surface area contributed by atoms with E-state index in [4.69, 9.17) is 5.73 Å². The third-order valence-electron chi connectivity index (χ3n) is 7.44. The summed E-state index contributed by atoms with van der Waals surface area (Å²) in [5, 5.41) is 0. The molecule has 2 heterocycles. The minimum atomic E-state index is -4.48. The predicted octanol–water partition coefficient (Wildman–Crippen LogP) is 3.39. The van der Waals surface area contributed by atoms with Crippen LogP contribution in [0.4, 0.5) is 24.7 Å². The fraction of sp³-hybridized carbons (Fsp3) is 0.429. The Morgan fingerprint density at radius 1 is 0.949 bits per heavy atom. The molecule has 3 N–H and O–H groups in total. The minimum Gasteiger partial charge on any atom is -0.385 e. The van der Waals surface area contributed by atoms with Gasteiger partial charge in [0.2, 0.25) is 0 Å². The van der Waals surface area contributed by atoms with Crippen molar-refractivity contribution >= 4 is 11.5 Å². The van der Waals surface area contributed by atoms with E-state index in [2.05, 4.69) is 14.8 Å². The van der Waals surface area contributed by atoms with E-state index in [1.165, 1.54) is 16.7 Å². The van der Waals surface area contributed by atoms with Gasteiger partial charge in [-0.1, -0.05) is 44.2 Å². The second-order valence-corrected chi connectivity index (χ2v) is 9.62. The van der Waals surface area contributed by atoms with Gasteiger partial charge in [-0.2, -0.15) is 13.2 Å². The SMILES string of the molecule is CCN(CC)CCn1c(N)c([C@H](c2ccc(C(F)(F)F)cc2)N2CCN(c3ccccc3)CC2)c(=O)[nH]c1=O. The molecule has 1 aromatic heterocycles. The first kappa shape index (κ1) is 28.4. The summed E-state index contributed by atoms with van der Waals surface area (Å²) in [6, 6.07) is 14.0. The molecule has 39 heavy (non-hydrogen) atoms. The van der Waals surface area contributed by atoms with E-state index in [-0.39, 0.29) is 17.9 Å². The molecule has 210 valence electrons. The van der Waals surface area contributed by atoms with E-state index < -0.39 is 29.0 Å². The normalized spacial score (nSPS) is 15.6. The number of aromatic nitrogens is 2. The fourth-order valence-corrected chi connectivity index (χ4v) is 5.16. The summed E-state index contributed by atoms with van der Waals surface area (Å²) >= 11 is 0. The molecule has 11 heteroatoms. The highest BCUT2D eigenvalue weighted by atomic mass is 19.4. The highest BCUT2D eigenvalue weighted by molar-refractivity contribution is 5.48. The number of nitrogens with one attached hydrogen (secondary N) is 1. The Hall–Kier alpha value is -3.57. The number of nitrogens with two attached hydrogens (primary N) is 1. The topological polar surface area (TPSA) is 90.6 Å². The van der Waals surface area contributed by atoms with Crippen LogP contribution in [0, 0.1) is 0 Å². The molecule has 0 bridgehead atoms. The number of nitrogen functional groups attached to an aromatic ring is 1. The number of hydrogen-bond acceptors (Lipinski definition) is 6. The molecule has 1 aliphatic heterocycles. The van der Waals surface area contributed by atoms with Crippen LogP contribution in [0.1, 0.15) is 36.6 Å². The summed E-state index contributed by atoms with van der Waals surface area (Å²) in [4.78, 5) is 34.8. The van der Waals surface area contributed by atoms with Crippen molar-refractivity contribution in [1.82, 2.24) is 19.4 Å². The Morgan fingerprint density at radius 3 is 2.13 bits per heavy atom. The average Bonchev–Trinajstić information content (AvgIpc) is 2.93. The summed E-state index contributed by atoms with van der Waals surface area (Å²) in [5.74, 6) is 0.0336. The largest absolute Gasteiger partial charge is 0.416 e. The van der Waals surface area contributed by atoms with Gasteiger partial charge in [-0.05, 0) is 42.9 Å². The molecule has 2 aromatic carbocycles. The van der Waals surface area contributed by atoms with Crippen molar-refractivity contribution in [3.8, 4) is 0 Å². The second kappa shape index (κ2) is 12.1. The maximum absolute atomic E-state index is 13.3. The van der Waals surface area contributed by atoms with Crippen molar-refractivity contribution < 1.29 is 13.2 Å². The highest BCUT2D eigenvalue weighted by Crippen LogP contribution is 2.34. The predicted molar refractivity (Wildman–Crippen MR) is 147 cm³/mol. The Bertz CT molecular complexity index is 1340. The molecule has 0 saturated carbocycles. The second-order valence-electron chi connectivity index (χ2n) is 9.62. The molecule has 1 atom stereocenters. The number of benzene rings is 2. The number of hydrogen-bond donors (Lipinski definition) is 2. The number of aromatic amines is 1. The molecule has 4 rings (SSSR count). The zero-order valence-corrected chi connectivity index (χ0v) is 22.2. The third kappa shape index (κ3) is 6.36. The van der Waals surface area contributed by atoms with E-state index in [0.29, 0.717) is 38.3 Å². The molecule has 0 unspecified atom stereocenters. The number of likely N-dealkylation sites (N-methyl/N-ethyl adjacent to an activating group) is 1. The lowest BCUT2D eigenvalue weighted by Gasteiger charge is -2.40. The summed E-state index contributed by atoms with van der Waals surface area (Å²) in [6.07, 6.45) is -4.48. The number of para-hydroxylation sites is 1. The molecular formula is C28H35F3N6O2. The standard InChI is InChI=1S/C28H35F3N6O2/c1-3-34(4-2)14-19-37-25(32)23(26(38)33-27(37)39)24(20-10-12-21(13-11-20)28(29,30)31)36-17-15-35(16-18-36)22-8-6-5-7-9-22/h5-13,24H,3-4,14-19,32H2,1-2H3,(H,33,38,39)/t24-/m0/s1. The van der Waals surface area contributed by atoms with Crippen LogP contribution in [0.25, 0.3) is 0 Å². The van der Waals surface area contributed by atoms with Crippen LogP contribution >= 0.6 is 0 Å². The number of H-pyrrole nitrogens is 1. The Labute approximate surface area is 225 Å². The Balaban J connectivity index is 1.73. The molecule has 0 amide bonds. The number of nitrogens with zero attached hydrogens (tertiary/aromatic N) is 4. The van der Waals surface area contributed by atoms with Crippen molar-refractivity contribution in [2.45, 2.75) is 32.6 Å². The Morgan fingerprint density at radius 2 is 1.56 bits per heavy atom. The molecule has 0 aliphatic carbocycles. The average molecular weight is 545 g/mol. The lowest BCUT2D eigenvalue weighted by molar-refractivity contribution is -0.137.